The molecule has 0 saturated carbocycles. The zero-order valence-electron chi connectivity index (χ0n) is 25.8. The van der Waals surface area contributed by atoms with Crippen LogP contribution in [0, 0.1) is 0 Å². The Hall–Kier alpha value is -4.93. The normalized spacial score (nSPS) is 17.8. The zero-order chi connectivity index (χ0) is 32.3. The molecule has 1 aliphatic heterocycles. The van der Waals surface area contributed by atoms with Crippen LogP contribution in [0.3, 0.4) is 0 Å². The van der Waals surface area contributed by atoms with Crippen molar-refractivity contribution in [2.45, 2.75) is 37.7 Å². The fraction of sp³-hybridized carbons (Fsp3) is 0.216. The largest absolute Gasteiger partial charge is 0.497 e. The molecule has 0 bridgehead atoms. The van der Waals surface area contributed by atoms with E-state index in [2.05, 4.69) is 38.4 Å². The highest BCUT2D eigenvalue weighted by Crippen LogP contribution is 2.44. The number of aromatic nitrogens is 3. The van der Waals surface area contributed by atoms with Gasteiger partial charge in [0.05, 0.1) is 44.1 Å². The SMILES string of the molecule is COc1ccc(-c2oc3ccccc3c(=O)c2OCc2cn(C3CC(c4ccc(Br)cc4)OC(c4ccc(OC)cc4)C3)nn2)cc1. The van der Waals surface area contributed by atoms with Gasteiger partial charge >= 0.3 is 0 Å². The fourth-order valence-electron chi connectivity index (χ4n) is 5.93. The molecule has 0 spiro atoms. The van der Waals surface area contributed by atoms with Crippen molar-refractivity contribution in [2.75, 3.05) is 14.2 Å². The predicted molar refractivity (Wildman–Crippen MR) is 181 cm³/mol. The second-order valence-corrected chi connectivity index (χ2v) is 12.3. The molecule has 2 aromatic heterocycles. The second kappa shape index (κ2) is 13.4. The van der Waals surface area contributed by atoms with Crippen LogP contribution in [0.5, 0.6) is 17.2 Å². The lowest BCUT2D eigenvalue weighted by molar-refractivity contribution is -0.0741. The summed E-state index contributed by atoms with van der Waals surface area (Å²) in [5, 5.41) is 9.38. The first-order valence-electron chi connectivity index (χ1n) is 15.3. The molecule has 47 heavy (non-hydrogen) atoms. The number of methoxy groups -OCH3 is 2. The molecule has 238 valence electrons. The Kier molecular flexibility index (Phi) is 8.78. The highest BCUT2D eigenvalue weighted by molar-refractivity contribution is 9.10. The fourth-order valence-corrected chi connectivity index (χ4v) is 6.20. The molecule has 3 heterocycles. The van der Waals surface area contributed by atoms with Gasteiger partial charge in [-0.05, 0) is 71.8 Å². The van der Waals surface area contributed by atoms with E-state index in [9.17, 15) is 4.79 Å². The van der Waals surface area contributed by atoms with Crippen LogP contribution >= 0.6 is 15.9 Å². The molecule has 0 amide bonds. The summed E-state index contributed by atoms with van der Waals surface area (Å²) in [6.45, 7) is 0.0352. The van der Waals surface area contributed by atoms with Crippen LogP contribution in [-0.4, -0.2) is 29.2 Å². The van der Waals surface area contributed by atoms with Crippen LogP contribution in [0.15, 0.2) is 117 Å². The van der Waals surface area contributed by atoms with Gasteiger partial charge in [0.2, 0.25) is 11.2 Å². The lowest BCUT2D eigenvalue weighted by Crippen LogP contribution is -2.26. The smallest absolute Gasteiger partial charge is 0.235 e. The standard InChI is InChI=1S/C37H32BrN3O6/c1-43-29-15-9-24(10-16-29)34-20-28(19-33(46-34)23-7-13-26(38)14-8-23)41-21-27(39-40-41)22-45-37-35(42)31-5-3-4-6-32(31)47-36(37)25-11-17-30(44-2)18-12-25/h3-18,21,28,33-34H,19-20,22H2,1-2H3. The maximum Gasteiger partial charge on any atom is 0.235 e. The Morgan fingerprint density at radius 2 is 1.45 bits per heavy atom. The highest BCUT2D eigenvalue weighted by Gasteiger charge is 2.33. The molecule has 4 aromatic carbocycles. The zero-order valence-corrected chi connectivity index (χ0v) is 27.4. The Labute approximate surface area is 279 Å². The number of halogens is 1. The van der Waals surface area contributed by atoms with Gasteiger partial charge in [0.15, 0.2) is 5.76 Å². The quantitative estimate of drug-likeness (QED) is 0.149. The summed E-state index contributed by atoms with van der Waals surface area (Å²) < 4.78 is 32.6. The van der Waals surface area contributed by atoms with E-state index in [1.807, 2.05) is 77.6 Å². The number of para-hydroxylation sites is 1. The molecule has 0 aliphatic carbocycles. The third kappa shape index (κ3) is 6.52. The Bertz CT molecular complexity index is 2040. The van der Waals surface area contributed by atoms with Gasteiger partial charge in [-0.2, -0.15) is 0 Å². The van der Waals surface area contributed by atoms with Crippen molar-refractivity contribution in [2.24, 2.45) is 0 Å². The van der Waals surface area contributed by atoms with Crippen LogP contribution in [0.2, 0.25) is 0 Å². The van der Waals surface area contributed by atoms with E-state index < -0.39 is 0 Å². The Morgan fingerprint density at radius 1 is 0.830 bits per heavy atom. The molecule has 6 aromatic rings. The van der Waals surface area contributed by atoms with Crippen molar-refractivity contribution < 1.29 is 23.4 Å². The Balaban J connectivity index is 1.16. The first-order chi connectivity index (χ1) is 23.0. The van der Waals surface area contributed by atoms with Crippen molar-refractivity contribution in [3.63, 3.8) is 0 Å². The summed E-state index contributed by atoms with van der Waals surface area (Å²) in [5.41, 5.74) is 3.66. The molecule has 0 N–H and O–H groups in total. The molecular formula is C37H32BrN3O6. The molecule has 9 nitrogen and oxygen atoms in total. The summed E-state index contributed by atoms with van der Waals surface area (Å²) >= 11 is 3.54. The van der Waals surface area contributed by atoms with Crippen molar-refractivity contribution in [3.05, 3.63) is 135 Å². The van der Waals surface area contributed by atoms with Gasteiger partial charge in [0.1, 0.15) is 29.4 Å². The van der Waals surface area contributed by atoms with E-state index in [4.69, 9.17) is 23.4 Å². The predicted octanol–water partition coefficient (Wildman–Crippen LogP) is 8.24. The number of benzene rings is 4. The van der Waals surface area contributed by atoms with Crippen molar-refractivity contribution >= 4 is 26.9 Å². The number of rotatable bonds is 9. The molecule has 3 unspecified atom stereocenters. The third-order valence-corrected chi connectivity index (χ3v) is 8.96. The molecule has 1 aliphatic rings. The molecule has 10 heteroatoms. The minimum Gasteiger partial charge on any atom is -0.497 e. The van der Waals surface area contributed by atoms with Crippen molar-refractivity contribution in [1.82, 2.24) is 15.0 Å². The monoisotopic (exact) mass is 693 g/mol. The summed E-state index contributed by atoms with van der Waals surface area (Å²) in [7, 11) is 3.26. The number of hydrogen-bond acceptors (Lipinski definition) is 8. The summed E-state index contributed by atoms with van der Waals surface area (Å²) in [6, 6.07) is 30.6. The molecule has 3 atom stereocenters. The second-order valence-electron chi connectivity index (χ2n) is 11.4. The molecule has 7 rings (SSSR count). The van der Waals surface area contributed by atoms with Gasteiger partial charge in [0, 0.05) is 22.9 Å². The highest BCUT2D eigenvalue weighted by atomic mass is 79.9. The maximum atomic E-state index is 13.6. The number of hydrogen-bond donors (Lipinski definition) is 0. The summed E-state index contributed by atoms with van der Waals surface area (Å²) in [6.07, 6.45) is 3.00. The lowest BCUT2D eigenvalue weighted by atomic mass is 9.91. The average Bonchev–Trinajstić information content (AvgIpc) is 3.60. The van der Waals surface area contributed by atoms with Crippen LogP contribution < -0.4 is 19.6 Å². The first-order valence-corrected chi connectivity index (χ1v) is 16.1. The topological polar surface area (TPSA) is 97.8 Å². The van der Waals surface area contributed by atoms with Crippen LogP contribution in [0.25, 0.3) is 22.3 Å². The van der Waals surface area contributed by atoms with E-state index in [0.29, 0.717) is 46.6 Å². The summed E-state index contributed by atoms with van der Waals surface area (Å²) in [4.78, 5) is 13.6. The maximum absolute atomic E-state index is 13.6. The number of fused-ring (bicyclic) bond motifs is 1. The van der Waals surface area contributed by atoms with Gasteiger partial charge in [-0.1, -0.05) is 57.5 Å². The van der Waals surface area contributed by atoms with Gasteiger partial charge in [-0.3, -0.25) is 4.79 Å². The first kappa shape index (κ1) is 30.7. The molecule has 1 saturated heterocycles. The van der Waals surface area contributed by atoms with Gasteiger partial charge < -0.3 is 23.4 Å². The lowest BCUT2D eigenvalue weighted by Gasteiger charge is -2.36. The van der Waals surface area contributed by atoms with Crippen molar-refractivity contribution in [1.29, 1.82) is 0 Å². The molecule has 1 fully saturated rings. The Morgan fingerprint density at radius 3 is 2.11 bits per heavy atom. The van der Waals surface area contributed by atoms with E-state index in [0.717, 1.165) is 21.3 Å². The minimum atomic E-state index is -0.255. The minimum absolute atomic E-state index is 0.00588. The van der Waals surface area contributed by atoms with E-state index in [1.165, 1.54) is 0 Å². The van der Waals surface area contributed by atoms with E-state index in [-0.39, 0.29) is 36.0 Å². The summed E-state index contributed by atoms with van der Waals surface area (Å²) in [5.74, 6) is 1.94. The number of nitrogens with zero attached hydrogens (tertiary/aromatic N) is 3. The van der Waals surface area contributed by atoms with Crippen LogP contribution in [0.1, 0.15) is 47.9 Å². The van der Waals surface area contributed by atoms with Gasteiger partial charge in [0.25, 0.3) is 0 Å². The van der Waals surface area contributed by atoms with Gasteiger partial charge in [-0.25, -0.2) is 4.68 Å². The van der Waals surface area contributed by atoms with Gasteiger partial charge in [-0.15, -0.1) is 5.10 Å². The van der Waals surface area contributed by atoms with E-state index in [1.54, 1.807) is 32.4 Å². The van der Waals surface area contributed by atoms with Crippen LogP contribution in [-0.2, 0) is 11.3 Å². The van der Waals surface area contributed by atoms with Crippen molar-refractivity contribution in [3.8, 4) is 28.6 Å². The van der Waals surface area contributed by atoms with E-state index >= 15 is 0 Å². The third-order valence-electron chi connectivity index (χ3n) is 8.43. The average molecular weight is 695 g/mol. The molecule has 0 radical (unpaired) electrons. The van der Waals surface area contributed by atoms with Crippen LogP contribution in [0.4, 0.5) is 0 Å². The molecular weight excluding hydrogens is 662 g/mol. The number of ether oxygens (including phenoxy) is 4.